The van der Waals surface area contributed by atoms with Gasteiger partial charge in [0.25, 0.3) is 0 Å². The zero-order valence-corrected chi connectivity index (χ0v) is 15.9. The van der Waals surface area contributed by atoms with Crippen LogP contribution in [0.1, 0.15) is 0 Å². The van der Waals surface area contributed by atoms with Crippen molar-refractivity contribution in [3.63, 3.8) is 0 Å². The first-order valence-corrected chi connectivity index (χ1v) is 16.2. The molecule has 0 aliphatic rings. The van der Waals surface area contributed by atoms with E-state index in [0.29, 0.717) is 0 Å². The van der Waals surface area contributed by atoms with Crippen molar-refractivity contribution in [2.75, 3.05) is 0 Å². The Hall–Kier alpha value is 4.35. The number of hydrogen-bond donors (Lipinski definition) is 3. The van der Waals surface area contributed by atoms with Crippen LogP contribution in [-0.4, -0.2) is 69.2 Å². The quantitative estimate of drug-likeness (QED) is 0.454. The van der Waals surface area contributed by atoms with E-state index in [0.717, 1.165) is 0 Å². The molecule has 0 aromatic carbocycles. The van der Waals surface area contributed by atoms with Gasteiger partial charge in [-0.1, -0.05) is 0 Å². The summed E-state index contributed by atoms with van der Waals surface area (Å²) < 4.78 is 0. The highest BCUT2D eigenvalue weighted by Gasteiger charge is 1.76. The highest BCUT2D eigenvalue weighted by molar-refractivity contribution is 7.38. The molecule has 0 aromatic heterocycles. The maximum atomic E-state index is 7.23. The minimum atomic E-state index is -2.62. The van der Waals surface area contributed by atoms with Crippen LogP contribution in [0.4, 0.5) is 0 Å². The topological polar surface area (TPSA) is 60.7 Å². The van der Waals surface area contributed by atoms with Crippen LogP contribution >= 0.6 is 63.0 Å². The Morgan fingerprint density at radius 1 is 0.615 bits per heavy atom. The van der Waals surface area contributed by atoms with Crippen molar-refractivity contribution in [3.05, 3.63) is 0 Å². The molecule has 13 heteroatoms. The fraction of sp³-hybridized carbons (Fsp3) is 0. The van der Waals surface area contributed by atoms with Crippen molar-refractivity contribution in [2.24, 2.45) is 0 Å². The third-order valence-electron chi connectivity index (χ3n) is 0. The lowest BCUT2D eigenvalue weighted by Gasteiger charge is -1.76. The molecule has 0 saturated carbocycles. The van der Waals surface area contributed by atoms with Gasteiger partial charge in [-0.05, 0) is 0 Å². The van der Waals surface area contributed by atoms with Crippen LogP contribution in [0.25, 0.3) is 0 Å². The molecule has 0 heterocycles. The summed E-state index contributed by atoms with van der Waals surface area (Å²) in [6.45, 7) is 0. The number of hydrogen-bond acceptors (Lipinski definition) is 3. The van der Waals surface area contributed by atoms with Gasteiger partial charge in [-0.3, -0.25) is 0 Å². The van der Waals surface area contributed by atoms with Crippen LogP contribution in [0.2, 0.25) is 0 Å². The van der Waals surface area contributed by atoms with Crippen LogP contribution in [-0.2, 0) is 0 Å². The van der Waals surface area contributed by atoms with Crippen molar-refractivity contribution in [1.82, 2.24) is 0 Å². The minimum Gasteiger partial charge on any atom is -0.328 e. The van der Waals surface area contributed by atoms with Crippen LogP contribution in [0, 0.1) is 0 Å². The van der Waals surface area contributed by atoms with E-state index in [-0.39, 0.29) is 0 Å². The highest BCUT2D eigenvalue weighted by atomic mass is 35.6. The first-order chi connectivity index (χ1) is 5.97. The molecule has 0 fully saturated rings. The fourth-order valence-electron chi connectivity index (χ4n) is 0. The molecule has 3 nitrogen and oxygen atoms in total. The second kappa shape index (κ2) is 36.0. The van der Waals surface area contributed by atoms with Crippen LogP contribution in [0.15, 0.2) is 0 Å². The first-order valence-electron chi connectivity index (χ1n) is 2.20. The standard InChI is InChI=1S/6ClH.3Mg.H3O3P/c;;;;;;;;;1-4(2)3/h6*1H;;;;1-3H/q;;;;;;3*+2;/p-6. The average Bonchev–Trinajstić information content (AvgIpc) is 1.88. The normalized spacial score (nSPS) is 5.08. The predicted octanol–water partition coefficient (Wildman–Crippen LogP) is 2.18. The zero-order valence-electron chi connectivity index (χ0n) is 6.18. The van der Waals surface area contributed by atoms with Gasteiger partial charge in [0, 0.05) is 0 Å². The van der Waals surface area contributed by atoms with E-state index < -0.39 is 63.1 Å². The van der Waals surface area contributed by atoms with Crippen LogP contribution < -0.4 is 0 Å². The molecule has 0 aliphatic heterocycles. The van der Waals surface area contributed by atoms with E-state index in [1.165, 1.54) is 0 Å². The highest BCUT2D eigenvalue weighted by Crippen LogP contribution is 2.11. The Morgan fingerprint density at radius 3 is 0.615 bits per heavy atom. The minimum absolute atomic E-state index is 0.639. The molecular formula is H3Cl6Mg3O3P. The van der Waals surface area contributed by atoms with E-state index in [1.54, 1.807) is 0 Å². The lowest BCUT2D eigenvalue weighted by molar-refractivity contribution is 0.368. The monoisotopic (exact) mass is 364 g/mol. The Kier molecular flexibility index (Phi) is 72.0. The molecule has 0 atom stereocenters. The van der Waals surface area contributed by atoms with Crippen LogP contribution in [0.5, 0.6) is 0 Å². The summed E-state index contributed by atoms with van der Waals surface area (Å²) in [7, 11) is 26.8. The molecule has 3 N–H and O–H groups in total. The van der Waals surface area contributed by atoms with Gasteiger partial charge in [0.2, 0.25) is 0 Å². The average molecular weight is 368 g/mol. The second-order valence-electron chi connectivity index (χ2n) is 0.571. The van der Waals surface area contributed by atoms with Crippen LogP contribution in [0.3, 0.4) is 0 Å². The van der Waals surface area contributed by atoms with Gasteiger partial charge in [-0.2, -0.15) is 0 Å². The summed E-state index contributed by atoms with van der Waals surface area (Å²) in [4.78, 5) is 21.7. The first kappa shape index (κ1) is 26.0. The molecule has 0 rings (SSSR count). The maximum absolute atomic E-state index is 7.23. The molecule has 0 aliphatic carbocycles. The lowest BCUT2D eigenvalue weighted by atomic mass is 15.8. The molecule has 0 amide bonds. The molecular weight excluding hydrogens is 365 g/mol. The van der Waals surface area contributed by atoms with Gasteiger partial charge >= 0.3 is 63.1 Å². The summed E-state index contributed by atoms with van der Waals surface area (Å²) in [5.41, 5.74) is 0. The smallest absolute Gasteiger partial charge is 0.328 e. The van der Waals surface area contributed by atoms with Gasteiger partial charge < -0.3 is 69.1 Å². The van der Waals surface area contributed by atoms with Gasteiger partial charge in [-0.15, -0.1) is 0 Å². The molecule has 0 aromatic rings. The Bertz CT molecular complexity index is 44.6. The van der Waals surface area contributed by atoms with Gasteiger partial charge in [0.05, 0.1) is 0 Å². The van der Waals surface area contributed by atoms with Crippen molar-refractivity contribution in [1.29, 1.82) is 0 Å². The van der Waals surface area contributed by atoms with Crippen molar-refractivity contribution < 1.29 is 14.7 Å². The number of rotatable bonds is 0. The van der Waals surface area contributed by atoms with Gasteiger partial charge in [0.15, 0.2) is 0 Å². The predicted molar refractivity (Wildman–Crippen MR) is 66.0 cm³/mol. The molecule has 74 valence electrons. The Morgan fingerprint density at radius 2 is 0.615 bits per heavy atom. The molecule has 0 saturated heterocycles. The second-order valence-corrected chi connectivity index (χ2v) is 8.99. The van der Waals surface area contributed by atoms with E-state index in [2.05, 4.69) is 0 Å². The van der Waals surface area contributed by atoms with E-state index in [9.17, 15) is 0 Å². The third-order valence-corrected chi connectivity index (χ3v) is 0. The molecule has 0 unspecified atom stereocenters. The molecule has 13 heavy (non-hydrogen) atoms. The SMILES string of the molecule is OP(O)O.[Cl][Mg][Cl].[Cl][Mg][Cl].[Cl][Mg][Cl]. The Labute approximate surface area is 130 Å². The van der Waals surface area contributed by atoms with E-state index >= 15 is 0 Å². The van der Waals surface area contributed by atoms with Crippen molar-refractivity contribution in [2.45, 2.75) is 0 Å². The number of halogens is 6. The molecule has 0 spiro atoms. The van der Waals surface area contributed by atoms with Gasteiger partial charge in [0.1, 0.15) is 0 Å². The maximum Gasteiger partial charge on any atom is 0.618 e. The molecule has 0 radical (unpaired) electrons. The summed E-state index contributed by atoms with van der Waals surface area (Å²) in [6.07, 6.45) is 0. The van der Waals surface area contributed by atoms with Gasteiger partial charge in [-0.25, -0.2) is 0 Å². The lowest BCUT2D eigenvalue weighted by Crippen LogP contribution is -1.54. The van der Waals surface area contributed by atoms with Crippen molar-refractivity contribution in [3.8, 4) is 0 Å². The third kappa shape index (κ3) is 178. The Balaban J connectivity index is -0.0000000420. The zero-order chi connectivity index (χ0) is 11.7. The van der Waals surface area contributed by atoms with Crippen molar-refractivity contribution >= 4 is 118 Å². The summed E-state index contributed by atoms with van der Waals surface area (Å²) in [5, 5.41) is 0. The largest absolute Gasteiger partial charge is 0.618 e. The summed E-state index contributed by atoms with van der Waals surface area (Å²) in [5.74, 6) is 0. The fourth-order valence-corrected chi connectivity index (χ4v) is 0. The molecule has 0 bridgehead atoms. The van der Waals surface area contributed by atoms with E-state index in [1.807, 2.05) is 0 Å². The summed E-state index contributed by atoms with van der Waals surface area (Å²) in [6, 6.07) is 0. The van der Waals surface area contributed by atoms with E-state index in [4.69, 9.17) is 69.1 Å². The summed E-state index contributed by atoms with van der Waals surface area (Å²) >= 11 is -1.92.